The minimum absolute atomic E-state index is 0. The summed E-state index contributed by atoms with van der Waals surface area (Å²) in [4.78, 5) is 6.87. The summed E-state index contributed by atoms with van der Waals surface area (Å²) in [5, 5.41) is 3.49. The van der Waals surface area contributed by atoms with Gasteiger partial charge in [-0.1, -0.05) is 6.42 Å². The van der Waals surface area contributed by atoms with Crippen LogP contribution in [0.5, 0.6) is 0 Å². The van der Waals surface area contributed by atoms with E-state index in [9.17, 15) is 0 Å². The molecule has 0 atom stereocenters. The van der Waals surface area contributed by atoms with Crippen LogP contribution in [0.2, 0.25) is 0 Å². The molecule has 0 radical (unpaired) electrons. The average Bonchev–Trinajstić information content (AvgIpc) is 2.83. The lowest BCUT2D eigenvalue weighted by atomic mass is 9.68. The van der Waals surface area contributed by atoms with Crippen molar-refractivity contribution in [2.24, 2.45) is 10.4 Å². The number of ether oxygens (including phenoxy) is 1. The fraction of sp³-hybridized carbons (Fsp3) is 0.933. The summed E-state index contributed by atoms with van der Waals surface area (Å²) < 4.78 is 5.35. The SMILES string of the molecule is CCOCCCCNC(=NC)N1CCC2(CCC2)C1.I. The van der Waals surface area contributed by atoms with Crippen LogP contribution in [0.25, 0.3) is 0 Å². The van der Waals surface area contributed by atoms with Crippen LogP contribution in [0.15, 0.2) is 4.99 Å². The molecule has 5 heteroatoms. The van der Waals surface area contributed by atoms with E-state index in [1.54, 1.807) is 0 Å². The van der Waals surface area contributed by atoms with Gasteiger partial charge in [0, 0.05) is 39.9 Å². The fourth-order valence-corrected chi connectivity index (χ4v) is 3.21. The molecule has 118 valence electrons. The molecule has 2 aliphatic rings. The Kier molecular flexibility index (Phi) is 8.17. The molecule has 1 N–H and O–H groups in total. The molecule has 1 saturated heterocycles. The third-order valence-corrected chi connectivity index (χ3v) is 4.57. The van der Waals surface area contributed by atoms with Gasteiger partial charge in [-0.25, -0.2) is 0 Å². The predicted octanol–water partition coefficient (Wildman–Crippen LogP) is 2.87. The minimum Gasteiger partial charge on any atom is -0.382 e. The monoisotopic (exact) mass is 395 g/mol. The number of likely N-dealkylation sites (tertiary alicyclic amines) is 1. The predicted molar refractivity (Wildman–Crippen MR) is 95.0 cm³/mol. The van der Waals surface area contributed by atoms with Crippen molar-refractivity contribution in [2.75, 3.05) is 39.9 Å². The van der Waals surface area contributed by atoms with Crippen LogP contribution < -0.4 is 5.32 Å². The Bertz CT molecular complexity index is 305. The Hall–Kier alpha value is -0.0400. The van der Waals surface area contributed by atoms with Crippen molar-refractivity contribution in [1.82, 2.24) is 10.2 Å². The molecule has 0 amide bonds. The van der Waals surface area contributed by atoms with Crippen LogP contribution in [0, 0.1) is 5.41 Å². The maximum Gasteiger partial charge on any atom is 0.193 e. The van der Waals surface area contributed by atoms with Gasteiger partial charge in [-0.2, -0.15) is 0 Å². The van der Waals surface area contributed by atoms with Crippen LogP contribution >= 0.6 is 24.0 Å². The number of nitrogens with one attached hydrogen (secondary N) is 1. The molecule has 0 unspecified atom stereocenters. The highest BCUT2D eigenvalue weighted by atomic mass is 127. The van der Waals surface area contributed by atoms with Gasteiger partial charge < -0.3 is 15.0 Å². The molecule has 4 nitrogen and oxygen atoms in total. The number of guanidine groups is 1. The number of nitrogens with zero attached hydrogens (tertiary/aromatic N) is 2. The Morgan fingerprint density at radius 1 is 1.30 bits per heavy atom. The largest absolute Gasteiger partial charge is 0.382 e. The molecule has 0 bridgehead atoms. The summed E-state index contributed by atoms with van der Waals surface area (Å²) in [5.41, 5.74) is 0.645. The molecular formula is C15H30IN3O. The normalized spacial score (nSPS) is 20.7. The maximum atomic E-state index is 5.35. The molecule has 1 heterocycles. The number of unbranched alkanes of at least 4 members (excludes halogenated alkanes) is 1. The molecule has 20 heavy (non-hydrogen) atoms. The van der Waals surface area contributed by atoms with Gasteiger partial charge in [0.05, 0.1) is 0 Å². The molecule has 2 rings (SSSR count). The lowest BCUT2D eigenvalue weighted by molar-refractivity contribution is 0.143. The van der Waals surface area contributed by atoms with Crippen LogP contribution in [0.1, 0.15) is 45.4 Å². The number of hydrogen-bond acceptors (Lipinski definition) is 2. The van der Waals surface area contributed by atoms with Crippen LogP contribution in [-0.2, 0) is 4.74 Å². The molecular weight excluding hydrogens is 365 g/mol. The first kappa shape index (κ1) is 18.0. The molecule has 1 aliphatic carbocycles. The lowest BCUT2D eigenvalue weighted by Crippen LogP contribution is -2.42. The smallest absolute Gasteiger partial charge is 0.193 e. The van der Waals surface area contributed by atoms with Crippen molar-refractivity contribution >= 4 is 29.9 Å². The summed E-state index contributed by atoms with van der Waals surface area (Å²) in [6.07, 6.45) is 7.92. The molecule has 0 aromatic rings. The summed E-state index contributed by atoms with van der Waals surface area (Å²) >= 11 is 0. The Labute approximate surface area is 140 Å². The van der Waals surface area contributed by atoms with Crippen molar-refractivity contribution in [3.05, 3.63) is 0 Å². The quantitative estimate of drug-likeness (QED) is 0.325. The molecule has 1 saturated carbocycles. The standard InChI is InChI=1S/C15H29N3O.HI/c1-3-19-12-5-4-10-17-14(16-2)18-11-9-15(13-18)7-6-8-15;/h3-13H2,1-2H3,(H,16,17);1H. The van der Waals surface area contributed by atoms with E-state index < -0.39 is 0 Å². The zero-order valence-electron chi connectivity index (χ0n) is 13.0. The molecule has 1 aliphatic heterocycles. The van der Waals surface area contributed by atoms with Crippen molar-refractivity contribution in [3.63, 3.8) is 0 Å². The van der Waals surface area contributed by atoms with Gasteiger partial charge in [-0.05, 0) is 44.4 Å². The second-order valence-corrected chi connectivity index (χ2v) is 5.90. The van der Waals surface area contributed by atoms with Gasteiger partial charge in [0.2, 0.25) is 0 Å². The zero-order valence-corrected chi connectivity index (χ0v) is 15.3. The zero-order chi connectivity index (χ0) is 13.6. The van der Waals surface area contributed by atoms with E-state index in [0.717, 1.165) is 38.6 Å². The highest BCUT2D eigenvalue weighted by molar-refractivity contribution is 14.0. The first-order valence-corrected chi connectivity index (χ1v) is 7.83. The van der Waals surface area contributed by atoms with E-state index in [4.69, 9.17) is 4.74 Å². The summed E-state index contributed by atoms with van der Waals surface area (Å²) in [7, 11) is 1.90. The summed E-state index contributed by atoms with van der Waals surface area (Å²) in [6.45, 7) is 7.14. The first-order valence-electron chi connectivity index (χ1n) is 7.83. The van der Waals surface area contributed by atoms with Gasteiger partial charge in [-0.15, -0.1) is 24.0 Å². The third-order valence-electron chi connectivity index (χ3n) is 4.57. The second-order valence-electron chi connectivity index (χ2n) is 5.90. The molecule has 2 fully saturated rings. The van der Waals surface area contributed by atoms with Gasteiger partial charge in [0.15, 0.2) is 5.96 Å². The Morgan fingerprint density at radius 3 is 2.65 bits per heavy atom. The third kappa shape index (κ3) is 4.76. The van der Waals surface area contributed by atoms with Crippen molar-refractivity contribution in [1.29, 1.82) is 0 Å². The van der Waals surface area contributed by atoms with Gasteiger partial charge in [0.25, 0.3) is 0 Å². The average molecular weight is 395 g/mol. The Morgan fingerprint density at radius 2 is 2.10 bits per heavy atom. The minimum atomic E-state index is 0. The second kappa shape index (κ2) is 9.07. The van der Waals surface area contributed by atoms with Crippen molar-refractivity contribution < 1.29 is 4.74 Å². The molecule has 1 spiro atoms. The summed E-state index contributed by atoms with van der Waals surface area (Å²) in [6, 6.07) is 0. The van der Waals surface area contributed by atoms with E-state index in [1.807, 2.05) is 14.0 Å². The van der Waals surface area contributed by atoms with Crippen LogP contribution in [-0.4, -0.2) is 50.8 Å². The van der Waals surface area contributed by atoms with E-state index >= 15 is 0 Å². The van der Waals surface area contributed by atoms with E-state index in [1.165, 1.54) is 38.8 Å². The number of hydrogen-bond donors (Lipinski definition) is 1. The van der Waals surface area contributed by atoms with Gasteiger partial charge >= 0.3 is 0 Å². The van der Waals surface area contributed by atoms with Crippen molar-refractivity contribution in [2.45, 2.75) is 45.4 Å². The number of rotatable bonds is 6. The van der Waals surface area contributed by atoms with E-state index in [2.05, 4.69) is 15.2 Å². The van der Waals surface area contributed by atoms with Gasteiger partial charge in [0.1, 0.15) is 0 Å². The highest BCUT2D eigenvalue weighted by Crippen LogP contribution is 2.47. The Balaban J connectivity index is 0.00000200. The number of halogens is 1. The highest BCUT2D eigenvalue weighted by Gasteiger charge is 2.43. The lowest BCUT2D eigenvalue weighted by Gasteiger charge is -2.38. The van der Waals surface area contributed by atoms with Crippen LogP contribution in [0.3, 0.4) is 0 Å². The fourth-order valence-electron chi connectivity index (χ4n) is 3.21. The van der Waals surface area contributed by atoms with Crippen molar-refractivity contribution in [3.8, 4) is 0 Å². The first-order chi connectivity index (χ1) is 9.29. The topological polar surface area (TPSA) is 36.9 Å². The number of aliphatic imine (C=N–C) groups is 1. The molecule has 0 aromatic heterocycles. The van der Waals surface area contributed by atoms with E-state index in [-0.39, 0.29) is 24.0 Å². The van der Waals surface area contributed by atoms with E-state index in [0.29, 0.717) is 5.41 Å². The molecule has 0 aromatic carbocycles. The summed E-state index contributed by atoms with van der Waals surface area (Å²) in [5.74, 6) is 1.10. The maximum absolute atomic E-state index is 5.35. The van der Waals surface area contributed by atoms with Gasteiger partial charge in [-0.3, -0.25) is 4.99 Å². The van der Waals surface area contributed by atoms with Crippen LogP contribution in [0.4, 0.5) is 0 Å².